The average Bonchev–Trinajstić information content (AvgIpc) is 2.12. The topological polar surface area (TPSA) is 52.6 Å². The van der Waals surface area contributed by atoms with Gasteiger partial charge in [-0.05, 0) is 0 Å². The Kier molecular flexibility index (Phi) is 4.76. The molecule has 20 heavy (non-hydrogen) atoms. The van der Waals surface area contributed by atoms with Crippen LogP contribution in [0.25, 0.3) is 0 Å². The number of hydrogen-bond acceptors (Lipinski definition) is 4. The minimum absolute atomic E-state index is 0.347. The lowest BCUT2D eigenvalue weighted by molar-refractivity contribution is -0.205. The summed E-state index contributed by atoms with van der Waals surface area (Å²) in [7, 11) is -6.44. The quantitative estimate of drug-likeness (QED) is 0.573. The second-order valence-corrected chi connectivity index (χ2v) is 6.08. The van der Waals surface area contributed by atoms with Gasteiger partial charge in [0.25, 0.3) is 0 Å². The van der Waals surface area contributed by atoms with E-state index in [9.17, 15) is 49.1 Å². The predicted molar refractivity (Wildman–Crippen MR) is 42.0 cm³/mol. The number of halogens is 9. The third kappa shape index (κ3) is 4.57. The summed E-state index contributed by atoms with van der Waals surface area (Å²) in [5.41, 5.74) is 0. The van der Waals surface area contributed by atoms with E-state index >= 15 is 0 Å². The van der Waals surface area contributed by atoms with Crippen molar-refractivity contribution >= 4 is 20.5 Å². The number of carbonyl (C=O) groups is 2. The fourth-order valence-electron chi connectivity index (χ4n) is 0.606. The van der Waals surface area contributed by atoms with Crippen LogP contribution in [0.2, 0.25) is 6.55 Å². The lowest BCUT2D eigenvalue weighted by Gasteiger charge is -2.28. The predicted octanol–water partition coefficient (Wildman–Crippen LogP) is 2.37. The molecule has 0 N–H and O–H groups in total. The highest BCUT2D eigenvalue weighted by Crippen LogP contribution is 2.34. The van der Waals surface area contributed by atoms with Crippen molar-refractivity contribution < 1.29 is 58.0 Å². The molecule has 0 aliphatic heterocycles. The van der Waals surface area contributed by atoms with Crippen LogP contribution in [0.1, 0.15) is 0 Å². The highest BCUT2D eigenvalue weighted by Gasteiger charge is 2.68. The molecule has 118 valence electrons. The second kappa shape index (κ2) is 5.14. The summed E-state index contributed by atoms with van der Waals surface area (Å²) in [6, 6.07) is 0. The maximum Gasteiger partial charge on any atom is 0.576 e. The molecule has 0 saturated carbocycles. The van der Waals surface area contributed by atoms with Crippen LogP contribution in [0.5, 0.6) is 0 Å². The van der Waals surface area contributed by atoms with Crippen LogP contribution in [0.3, 0.4) is 0 Å². The SMILES string of the molecule is C[Si](OC(=O)C(F)(F)F)(OC(=O)C(F)(F)F)C(F)(F)F. The van der Waals surface area contributed by atoms with Crippen LogP contribution in [-0.2, 0) is 18.4 Å². The van der Waals surface area contributed by atoms with Gasteiger partial charge in [0, 0.05) is 6.55 Å². The summed E-state index contributed by atoms with van der Waals surface area (Å²) in [6.07, 6.45) is -11.8. The fourth-order valence-corrected chi connectivity index (χ4v) is 1.82. The van der Waals surface area contributed by atoms with Gasteiger partial charge in [0.2, 0.25) is 0 Å². The van der Waals surface area contributed by atoms with Gasteiger partial charge in [-0.15, -0.1) is 0 Å². The Bertz CT molecular complexity index is 367. The van der Waals surface area contributed by atoms with E-state index in [0.29, 0.717) is 0 Å². The molecular weight excluding hydrogens is 335 g/mol. The van der Waals surface area contributed by atoms with E-state index in [4.69, 9.17) is 0 Å². The number of carbonyl (C=O) groups excluding carboxylic acids is 2. The molecule has 0 bridgehead atoms. The van der Waals surface area contributed by atoms with Crippen LogP contribution in [0, 0.1) is 0 Å². The zero-order valence-electron chi connectivity index (χ0n) is 9.03. The first-order valence-corrected chi connectivity index (χ1v) is 6.49. The summed E-state index contributed by atoms with van der Waals surface area (Å²) in [5.74, 6) is -12.7. The molecule has 0 aliphatic rings. The van der Waals surface area contributed by atoms with Crippen molar-refractivity contribution in [3.8, 4) is 0 Å². The van der Waals surface area contributed by atoms with Crippen LogP contribution < -0.4 is 0 Å². The third-order valence-electron chi connectivity index (χ3n) is 1.55. The first-order chi connectivity index (χ1) is 8.51. The summed E-state index contributed by atoms with van der Waals surface area (Å²) < 4.78 is 114. The van der Waals surface area contributed by atoms with Gasteiger partial charge in [0.15, 0.2) is 0 Å². The van der Waals surface area contributed by atoms with Crippen LogP contribution in [0.15, 0.2) is 0 Å². The van der Waals surface area contributed by atoms with Gasteiger partial charge in [0.05, 0.1) is 0 Å². The van der Waals surface area contributed by atoms with Crippen molar-refractivity contribution in [3.05, 3.63) is 0 Å². The smallest absolute Gasteiger partial charge is 0.473 e. The van der Waals surface area contributed by atoms with E-state index in [1.807, 2.05) is 0 Å². The molecule has 0 aliphatic carbocycles. The Morgan fingerprint density at radius 1 is 0.750 bits per heavy atom. The van der Waals surface area contributed by atoms with Gasteiger partial charge in [-0.1, -0.05) is 0 Å². The minimum atomic E-state index is -6.44. The molecule has 0 unspecified atom stereocenters. The van der Waals surface area contributed by atoms with Gasteiger partial charge in [-0.25, -0.2) is 9.59 Å². The fraction of sp³-hybridized carbons (Fsp3) is 0.667. The summed E-state index contributed by atoms with van der Waals surface area (Å²) in [5, 5.41) is 0. The molecule has 0 amide bonds. The summed E-state index contributed by atoms with van der Waals surface area (Å²) in [4.78, 5) is 20.5. The highest BCUT2D eigenvalue weighted by atomic mass is 28.4. The Balaban J connectivity index is 5.36. The molecule has 0 fully saturated rings. The van der Waals surface area contributed by atoms with Gasteiger partial charge < -0.3 is 8.85 Å². The Morgan fingerprint density at radius 3 is 1.15 bits per heavy atom. The van der Waals surface area contributed by atoms with Crippen LogP contribution >= 0.6 is 0 Å². The Labute approximate surface area is 104 Å². The summed E-state index contributed by atoms with van der Waals surface area (Å²) >= 11 is 0. The van der Waals surface area contributed by atoms with Crippen LogP contribution in [-0.4, -0.2) is 38.7 Å². The molecule has 0 spiro atoms. The molecule has 4 nitrogen and oxygen atoms in total. The first-order valence-electron chi connectivity index (χ1n) is 4.18. The van der Waals surface area contributed by atoms with Crippen molar-refractivity contribution in [2.45, 2.75) is 24.7 Å². The molecule has 0 aromatic rings. The standard InChI is InChI=1S/C6H3F9O4Si/c1-20(6(13,14)15,18-2(16)4(7,8)9)19-3(17)5(10,11)12/h1H3. The molecule has 0 aromatic carbocycles. The molecule has 0 radical (unpaired) electrons. The maximum atomic E-state index is 12.4. The van der Waals surface area contributed by atoms with E-state index < -0.39 is 38.7 Å². The number of hydrogen-bond donors (Lipinski definition) is 0. The van der Waals surface area contributed by atoms with Crippen molar-refractivity contribution in [2.75, 3.05) is 0 Å². The van der Waals surface area contributed by atoms with Crippen molar-refractivity contribution in [1.29, 1.82) is 0 Å². The maximum absolute atomic E-state index is 12.4. The zero-order chi connectivity index (χ0) is 16.6. The van der Waals surface area contributed by atoms with Gasteiger partial charge in [-0.3, -0.25) is 0 Å². The van der Waals surface area contributed by atoms with Crippen molar-refractivity contribution in [1.82, 2.24) is 0 Å². The molecule has 0 rings (SSSR count). The summed E-state index contributed by atoms with van der Waals surface area (Å²) in [6.45, 7) is -0.347. The van der Waals surface area contributed by atoms with E-state index in [1.165, 1.54) is 0 Å². The van der Waals surface area contributed by atoms with Crippen LogP contribution in [0.4, 0.5) is 39.5 Å². The molecule has 0 aromatic heterocycles. The molecule has 0 heterocycles. The van der Waals surface area contributed by atoms with Crippen molar-refractivity contribution in [2.24, 2.45) is 0 Å². The third-order valence-corrected chi connectivity index (χ3v) is 3.73. The lowest BCUT2D eigenvalue weighted by atomic mass is 10.7. The number of alkyl halides is 9. The molecule has 0 atom stereocenters. The second-order valence-electron chi connectivity index (χ2n) is 3.22. The minimum Gasteiger partial charge on any atom is -0.473 e. The van der Waals surface area contributed by atoms with E-state index in [0.717, 1.165) is 0 Å². The van der Waals surface area contributed by atoms with E-state index in [-0.39, 0.29) is 6.55 Å². The molecular formula is C6H3F9O4Si. The molecule has 0 saturated heterocycles. The number of rotatable bonds is 2. The zero-order valence-corrected chi connectivity index (χ0v) is 10.0. The van der Waals surface area contributed by atoms with E-state index in [1.54, 1.807) is 0 Å². The normalized spacial score (nSPS) is 13.9. The van der Waals surface area contributed by atoms with Gasteiger partial charge in [0.1, 0.15) is 0 Å². The molecule has 14 heteroatoms. The largest absolute Gasteiger partial charge is 0.576 e. The van der Waals surface area contributed by atoms with Gasteiger partial charge >= 0.3 is 38.7 Å². The Hall–Kier alpha value is -1.47. The Morgan fingerprint density at radius 2 is 1.00 bits per heavy atom. The van der Waals surface area contributed by atoms with E-state index in [2.05, 4.69) is 8.85 Å². The average molecular weight is 338 g/mol. The van der Waals surface area contributed by atoms with Crippen molar-refractivity contribution in [3.63, 3.8) is 0 Å². The lowest BCUT2D eigenvalue weighted by Crippen LogP contribution is -2.58. The highest BCUT2D eigenvalue weighted by molar-refractivity contribution is 6.71. The monoisotopic (exact) mass is 338 g/mol. The first kappa shape index (κ1) is 18.5. The van der Waals surface area contributed by atoms with Gasteiger partial charge in [-0.2, -0.15) is 39.5 Å².